The number of aromatic amines is 1. The van der Waals surface area contributed by atoms with Crippen LogP contribution in [-0.2, 0) is 13.0 Å². The summed E-state index contributed by atoms with van der Waals surface area (Å²) in [4.78, 5) is 6.96. The summed E-state index contributed by atoms with van der Waals surface area (Å²) in [6, 6.07) is 6.61. The third-order valence-corrected chi connectivity index (χ3v) is 2.60. The van der Waals surface area contributed by atoms with Crippen molar-refractivity contribution in [1.29, 1.82) is 0 Å². The highest BCUT2D eigenvalue weighted by molar-refractivity contribution is 5.27. The monoisotopic (exact) mass is 267 g/mol. The Bertz CT molecular complexity index is 471. The van der Waals surface area contributed by atoms with Gasteiger partial charge < -0.3 is 15.0 Å². The molecule has 1 aromatic heterocycles. The summed E-state index contributed by atoms with van der Waals surface area (Å²) in [6.07, 6.45) is 4.31. The van der Waals surface area contributed by atoms with Crippen molar-refractivity contribution in [2.45, 2.75) is 19.6 Å². The molecule has 0 aliphatic carbocycles. The average Bonchev–Trinajstić information content (AvgIpc) is 2.89. The maximum atomic E-state index is 12.0. The van der Waals surface area contributed by atoms with Crippen LogP contribution in [0.4, 0.5) is 8.78 Å². The maximum absolute atomic E-state index is 12.0. The zero-order valence-electron chi connectivity index (χ0n) is 10.3. The number of aromatic nitrogens is 2. The molecule has 1 aromatic carbocycles. The van der Waals surface area contributed by atoms with Crippen molar-refractivity contribution in [1.82, 2.24) is 15.3 Å². The Morgan fingerprint density at radius 3 is 2.68 bits per heavy atom. The van der Waals surface area contributed by atoms with Crippen LogP contribution in [0, 0.1) is 0 Å². The Balaban J connectivity index is 1.71. The average molecular weight is 267 g/mol. The normalized spacial score (nSPS) is 10.9. The second-order valence-corrected chi connectivity index (χ2v) is 4.03. The van der Waals surface area contributed by atoms with Crippen LogP contribution < -0.4 is 10.1 Å². The quantitative estimate of drug-likeness (QED) is 0.757. The molecule has 1 heterocycles. The summed E-state index contributed by atoms with van der Waals surface area (Å²) >= 11 is 0. The lowest BCUT2D eigenvalue weighted by Gasteiger charge is -2.07. The van der Waals surface area contributed by atoms with Crippen molar-refractivity contribution in [2.24, 2.45) is 0 Å². The predicted molar refractivity (Wildman–Crippen MR) is 67.1 cm³/mol. The van der Waals surface area contributed by atoms with E-state index in [2.05, 4.69) is 20.0 Å². The number of nitrogens with zero attached hydrogens (tertiary/aromatic N) is 1. The summed E-state index contributed by atoms with van der Waals surface area (Å²) in [7, 11) is 0. The van der Waals surface area contributed by atoms with E-state index in [4.69, 9.17) is 0 Å². The summed E-state index contributed by atoms with van der Waals surface area (Å²) in [5.74, 6) is 0.177. The standard InChI is InChI=1S/C13H15F2N3O/c14-13(15)19-12-3-1-10(2-4-12)7-16-6-5-11-8-17-9-18-11/h1-4,8-9,13,16H,5-7H2,(H,17,18). The lowest BCUT2D eigenvalue weighted by molar-refractivity contribution is -0.0498. The molecule has 0 radical (unpaired) electrons. The number of benzene rings is 1. The fourth-order valence-corrected chi connectivity index (χ4v) is 1.67. The van der Waals surface area contributed by atoms with Gasteiger partial charge in [0.1, 0.15) is 5.75 Å². The van der Waals surface area contributed by atoms with E-state index in [1.165, 1.54) is 12.1 Å². The topological polar surface area (TPSA) is 49.9 Å². The summed E-state index contributed by atoms with van der Waals surface area (Å²) < 4.78 is 28.2. The molecule has 2 rings (SSSR count). The number of halogens is 2. The number of hydrogen-bond acceptors (Lipinski definition) is 3. The highest BCUT2D eigenvalue weighted by Gasteiger charge is 2.03. The third-order valence-electron chi connectivity index (χ3n) is 2.60. The lowest BCUT2D eigenvalue weighted by atomic mass is 10.2. The van der Waals surface area contributed by atoms with Gasteiger partial charge in [-0.25, -0.2) is 4.98 Å². The van der Waals surface area contributed by atoms with Crippen molar-refractivity contribution in [3.63, 3.8) is 0 Å². The van der Waals surface area contributed by atoms with Crippen molar-refractivity contribution in [3.05, 3.63) is 48.0 Å². The summed E-state index contributed by atoms with van der Waals surface area (Å²) in [6.45, 7) is -1.28. The molecule has 0 aliphatic rings. The molecule has 0 aliphatic heterocycles. The lowest BCUT2D eigenvalue weighted by Crippen LogP contribution is -2.16. The number of rotatable bonds is 7. The second kappa shape index (κ2) is 6.84. The first-order valence-corrected chi connectivity index (χ1v) is 5.96. The van der Waals surface area contributed by atoms with Gasteiger partial charge in [-0.3, -0.25) is 0 Å². The van der Waals surface area contributed by atoms with Crippen LogP contribution >= 0.6 is 0 Å². The Kier molecular flexibility index (Phi) is 4.85. The van der Waals surface area contributed by atoms with Gasteiger partial charge in [0.05, 0.1) is 6.33 Å². The van der Waals surface area contributed by atoms with Gasteiger partial charge in [-0.05, 0) is 17.7 Å². The van der Waals surface area contributed by atoms with Crippen LogP contribution in [0.1, 0.15) is 11.3 Å². The highest BCUT2D eigenvalue weighted by atomic mass is 19.3. The van der Waals surface area contributed by atoms with E-state index >= 15 is 0 Å². The molecule has 2 aromatic rings. The molecule has 0 amide bonds. The van der Waals surface area contributed by atoms with Gasteiger partial charge in [0, 0.05) is 31.4 Å². The van der Waals surface area contributed by atoms with Gasteiger partial charge in [0.25, 0.3) is 0 Å². The third kappa shape index (κ3) is 4.67. The number of H-pyrrole nitrogens is 1. The number of imidazole rings is 1. The van der Waals surface area contributed by atoms with E-state index in [1.54, 1.807) is 24.7 Å². The minimum atomic E-state index is -2.78. The van der Waals surface area contributed by atoms with Crippen LogP contribution in [0.3, 0.4) is 0 Å². The van der Waals surface area contributed by atoms with Gasteiger partial charge in [-0.2, -0.15) is 8.78 Å². The molecule has 102 valence electrons. The highest BCUT2D eigenvalue weighted by Crippen LogP contribution is 2.14. The summed E-state index contributed by atoms with van der Waals surface area (Å²) in [5.41, 5.74) is 2.10. The number of ether oxygens (including phenoxy) is 1. The number of alkyl halides is 2. The first kappa shape index (κ1) is 13.5. The molecule has 0 saturated heterocycles. The predicted octanol–water partition coefficient (Wildman–Crippen LogP) is 2.34. The second-order valence-electron chi connectivity index (χ2n) is 4.03. The van der Waals surface area contributed by atoms with Gasteiger partial charge in [0.2, 0.25) is 0 Å². The zero-order valence-corrected chi connectivity index (χ0v) is 10.3. The van der Waals surface area contributed by atoms with E-state index in [0.29, 0.717) is 6.54 Å². The Labute approximate surface area is 109 Å². The van der Waals surface area contributed by atoms with E-state index in [1.807, 2.05) is 0 Å². The first-order chi connectivity index (χ1) is 9.24. The molecular formula is C13H15F2N3O. The van der Waals surface area contributed by atoms with Gasteiger partial charge in [-0.15, -0.1) is 0 Å². The van der Waals surface area contributed by atoms with Crippen molar-refractivity contribution in [2.75, 3.05) is 6.54 Å². The van der Waals surface area contributed by atoms with Crippen LogP contribution in [-0.4, -0.2) is 23.1 Å². The molecule has 4 nitrogen and oxygen atoms in total. The van der Waals surface area contributed by atoms with E-state index in [9.17, 15) is 8.78 Å². The number of hydrogen-bond donors (Lipinski definition) is 2. The van der Waals surface area contributed by atoms with E-state index in [0.717, 1.165) is 24.2 Å². The van der Waals surface area contributed by atoms with E-state index in [-0.39, 0.29) is 5.75 Å². The van der Waals surface area contributed by atoms with Crippen LogP contribution in [0.2, 0.25) is 0 Å². The molecule has 6 heteroatoms. The minimum absolute atomic E-state index is 0.177. The number of nitrogens with one attached hydrogen (secondary N) is 2. The molecule has 0 spiro atoms. The fraction of sp³-hybridized carbons (Fsp3) is 0.308. The van der Waals surface area contributed by atoms with Gasteiger partial charge >= 0.3 is 6.61 Å². The Hall–Kier alpha value is -1.95. The van der Waals surface area contributed by atoms with Crippen LogP contribution in [0.5, 0.6) is 5.75 Å². The fourth-order valence-electron chi connectivity index (χ4n) is 1.67. The minimum Gasteiger partial charge on any atom is -0.435 e. The SMILES string of the molecule is FC(F)Oc1ccc(CNCCc2cnc[nH]2)cc1. The van der Waals surface area contributed by atoms with Crippen molar-refractivity contribution >= 4 is 0 Å². The maximum Gasteiger partial charge on any atom is 0.387 e. The molecular weight excluding hydrogens is 252 g/mol. The molecule has 19 heavy (non-hydrogen) atoms. The van der Waals surface area contributed by atoms with Crippen LogP contribution in [0.25, 0.3) is 0 Å². The van der Waals surface area contributed by atoms with E-state index < -0.39 is 6.61 Å². The molecule has 2 N–H and O–H groups in total. The zero-order chi connectivity index (χ0) is 13.5. The smallest absolute Gasteiger partial charge is 0.387 e. The van der Waals surface area contributed by atoms with Crippen molar-refractivity contribution in [3.8, 4) is 5.75 Å². The van der Waals surface area contributed by atoms with Crippen LogP contribution in [0.15, 0.2) is 36.8 Å². The molecule has 0 atom stereocenters. The molecule has 0 fully saturated rings. The molecule has 0 bridgehead atoms. The summed E-state index contributed by atoms with van der Waals surface area (Å²) in [5, 5.41) is 3.26. The molecule has 0 saturated carbocycles. The van der Waals surface area contributed by atoms with Crippen molar-refractivity contribution < 1.29 is 13.5 Å². The Morgan fingerprint density at radius 2 is 2.05 bits per heavy atom. The first-order valence-electron chi connectivity index (χ1n) is 5.96. The largest absolute Gasteiger partial charge is 0.435 e. The Morgan fingerprint density at radius 1 is 1.26 bits per heavy atom. The van der Waals surface area contributed by atoms with Gasteiger partial charge in [0.15, 0.2) is 0 Å². The van der Waals surface area contributed by atoms with Gasteiger partial charge in [-0.1, -0.05) is 12.1 Å². The molecule has 0 unspecified atom stereocenters.